The predicted molar refractivity (Wildman–Crippen MR) is 48.0 cm³/mol. The van der Waals surface area contributed by atoms with Crippen LogP contribution in [0.15, 0.2) is 0 Å². The highest BCUT2D eigenvalue weighted by Gasteiger charge is 2.29. The molecule has 0 aromatic heterocycles. The monoisotopic (exact) mass is 154 g/mol. The summed E-state index contributed by atoms with van der Waals surface area (Å²) in [5.74, 6) is 1.44. The molecule has 1 rings (SSSR count). The summed E-state index contributed by atoms with van der Waals surface area (Å²) in [5, 5.41) is 7.77. The smallest absolute Gasteiger partial charge is 0.0989 e. The molecule has 0 aromatic carbocycles. The van der Waals surface area contributed by atoms with Crippen molar-refractivity contribution in [1.82, 2.24) is 4.90 Å². The quantitative estimate of drug-likeness (QED) is 0.489. The van der Waals surface area contributed by atoms with E-state index in [0.29, 0.717) is 12.0 Å². The average molecular weight is 154 g/mol. The Morgan fingerprint density at radius 2 is 2.18 bits per heavy atom. The van der Waals surface area contributed by atoms with Gasteiger partial charge in [0.05, 0.1) is 5.84 Å². The van der Waals surface area contributed by atoms with Crippen molar-refractivity contribution < 1.29 is 0 Å². The van der Waals surface area contributed by atoms with Gasteiger partial charge in [-0.05, 0) is 26.2 Å². The van der Waals surface area contributed by atoms with Crippen molar-refractivity contribution in [2.75, 3.05) is 7.05 Å². The van der Waals surface area contributed by atoms with Crippen molar-refractivity contribution >= 4 is 5.84 Å². The molecule has 1 N–H and O–H groups in total. The van der Waals surface area contributed by atoms with Gasteiger partial charge >= 0.3 is 0 Å². The number of hydrogen-bond donors (Lipinski definition) is 1. The van der Waals surface area contributed by atoms with E-state index in [9.17, 15) is 0 Å². The molecule has 0 amide bonds. The SMILES string of the molecule is CCC(C)N(C)C(=N)C1CC1. The lowest BCUT2D eigenvalue weighted by atomic mass is 10.2. The van der Waals surface area contributed by atoms with E-state index in [0.717, 1.165) is 12.3 Å². The first kappa shape index (κ1) is 8.57. The standard InChI is InChI=1S/C9H18N2/c1-4-7(2)11(3)9(10)8-5-6-8/h7-8,10H,4-6H2,1-3H3. The summed E-state index contributed by atoms with van der Waals surface area (Å²) in [5.41, 5.74) is 0. The van der Waals surface area contributed by atoms with Crippen molar-refractivity contribution in [1.29, 1.82) is 5.41 Å². The van der Waals surface area contributed by atoms with Crippen LogP contribution < -0.4 is 0 Å². The average Bonchev–Trinajstić information content (AvgIpc) is 2.82. The Labute approximate surface area is 69.1 Å². The molecule has 2 heteroatoms. The Bertz CT molecular complexity index is 150. The summed E-state index contributed by atoms with van der Waals surface area (Å²) >= 11 is 0. The van der Waals surface area contributed by atoms with E-state index in [1.165, 1.54) is 12.8 Å². The molecule has 64 valence electrons. The molecular weight excluding hydrogens is 136 g/mol. The molecule has 0 saturated heterocycles. The Hall–Kier alpha value is -0.530. The second kappa shape index (κ2) is 3.24. The van der Waals surface area contributed by atoms with E-state index >= 15 is 0 Å². The molecule has 2 nitrogen and oxygen atoms in total. The molecule has 1 fully saturated rings. The molecule has 1 unspecified atom stereocenters. The highest BCUT2D eigenvalue weighted by Crippen LogP contribution is 2.31. The van der Waals surface area contributed by atoms with E-state index in [2.05, 4.69) is 18.7 Å². The van der Waals surface area contributed by atoms with Gasteiger partial charge in [0, 0.05) is 19.0 Å². The van der Waals surface area contributed by atoms with Crippen LogP contribution in [0.25, 0.3) is 0 Å². The van der Waals surface area contributed by atoms with Gasteiger partial charge < -0.3 is 4.90 Å². The Kier molecular flexibility index (Phi) is 2.53. The molecule has 1 aliphatic rings. The summed E-state index contributed by atoms with van der Waals surface area (Å²) < 4.78 is 0. The zero-order valence-electron chi connectivity index (χ0n) is 7.72. The Balaban J connectivity index is 2.38. The van der Waals surface area contributed by atoms with Gasteiger partial charge in [-0.1, -0.05) is 6.92 Å². The van der Waals surface area contributed by atoms with Gasteiger partial charge in [0.15, 0.2) is 0 Å². The zero-order chi connectivity index (χ0) is 8.43. The summed E-state index contributed by atoms with van der Waals surface area (Å²) in [6.45, 7) is 4.35. The molecule has 11 heavy (non-hydrogen) atoms. The fourth-order valence-electron chi connectivity index (χ4n) is 1.16. The van der Waals surface area contributed by atoms with E-state index in [-0.39, 0.29) is 0 Å². The fourth-order valence-corrected chi connectivity index (χ4v) is 1.16. The van der Waals surface area contributed by atoms with Gasteiger partial charge in [-0.25, -0.2) is 0 Å². The largest absolute Gasteiger partial charge is 0.361 e. The van der Waals surface area contributed by atoms with Gasteiger partial charge in [0.2, 0.25) is 0 Å². The summed E-state index contributed by atoms with van der Waals surface area (Å²) in [6.07, 6.45) is 3.60. The third-order valence-corrected chi connectivity index (χ3v) is 2.60. The minimum atomic E-state index is 0.531. The maximum absolute atomic E-state index is 7.77. The lowest BCUT2D eigenvalue weighted by Gasteiger charge is -2.26. The van der Waals surface area contributed by atoms with Crippen LogP contribution in [0.5, 0.6) is 0 Å². The lowest BCUT2D eigenvalue weighted by molar-refractivity contribution is 0.369. The van der Waals surface area contributed by atoms with Crippen molar-refractivity contribution in [3.63, 3.8) is 0 Å². The fraction of sp³-hybridized carbons (Fsp3) is 0.889. The molecule has 0 aliphatic heterocycles. The van der Waals surface area contributed by atoms with Gasteiger partial charge in [0.25, 0.3) is 0 Å². The van der Waals surface area contributed by atoms with Crippen LogP contribution >= 0.6 is 0 Å². The van der Waals surface area contributed by atoms with Crippen molar-refractivity contribution in [2.45, 2.75) is 39.2 Å². The van der Waals surface area contributed by atoms with E-state index in [1.54, 1.807) is 0 Å². The minimum Gasteiger partial charge on any atom is -0.361 e. The zero-order valence-corrected chi connectivity index (χ0v) is 7.72. The molecule has 0 bridgehead atoms. The van der Waals surface area contributed by atoms with Gasteiger partial charge in [-0.15, -0.1) is 0 Å². The van der Waals surface area contributed by atoms with Crippen LogP contribution in [0, 0.1) is 11.3 Å². The van der Waals surface area contributed by atoms with Crippen LogP contribution in [0.2, 0.25) is 0 Å². The van der Waals surface area contributed by atoms with Gasteiger partial charge in [-0.3, -0.25) is 5.41 Å². The van der Waals surface area contributed by atoms with Crippen molar-refractivity contribution in [2.24, 2.45) is 5.92 Å². The highest BCUT2D eigenvalue weighted by molar-refractivity contribution is 5.83. The number of nitrogens with one attached hydrogen (secondary N) is 1. The number of rotatable bonds is 3. The van der Waals surface area contributed by atoms with Crippen LogP contribution in [-0.2, 0) is 0 Å². The first-order valence-corrected chi connectivity index (χ1v) is 4.48. The lowest BCUT2D eigenvalue weighted by Crippen LogP contribution is -2.35. The second-order valence-corrected chi connectivity index (χ2v) is 3.53. The molecular formula is C9H18N2. The molecule has 1 atom stereocenters. The normalized spacial score (nSPS) is 19.5. The second-order valence-electron chi connectivity index (χ2n) is 3.53. The Morgan fingerprint density at radius 3 is 2.55 bits per heavy atom. The topological polar surface area (TPSA) is 27.1 Å². The molecule has 1 aliphatic carbocycles. The van der Waals surface area contributed by atoms with E-state index in [1.807, 2.05) is 7.05 Å². The van der Waals surface area contributed by atoms with Crippen molar-refractivity contribution in [3.8, 4) is 0 Å². The third-order valence-electron chi connectivity index (χ3n) is 2.60. The first-order valence-electron chi connectivity index (χ1n) is 4.48. The maximum atomic E-state index is 7.77. The minimum absolute atomic E-state index is 0.531. The predicted octanol–water partition coefficient (Wildman–Crippen LogP) is 2.10. The van der Waals surface area contributed by atoms with E-state index in [4.69, 9.17) is 5.41 Å². The van der Waals surface area contributed by atoms with Crippen LogP contribution in [0.1, 0.15) is 33.1 Å². The number of nitrogens with zero attached hydrogens (tertiary/aromatic N) is 1. The van der Waals surface area contributed by atoms with E-state index < -0.39 is 0 Å². The van der Waals surface area contributed by atoms with Crippen LogP contribution in [0.3, 0.4) is 0 Å². The van der Waals surface area contributed by atoms with Gasteiger partial charge in [-0.2, -0.15) is 0 Å². The first-order chi connectivity index (χ1) is 5.16. The highest BCUT2D eigenvalue weighted by atomic mass is 15.2. The third kappa shape index (κ3) is 1.95. The van der Waals surface area contributed by atoms with Crippen LogP contribution in [0.4, 0.5) is 0 Å². The summed E-state index contributed by atoms with van der Waals surface area (Å²) in [4.78, 5) is 2.11. The number of hydrogen-bond acceptors (Lipinski definition) is 1. The molecule has 0 aromatic rings. The number of amidine groups is 1. The summed E-state index contributed by atoms with van der Waals surface area (Å²) in [6, 6.07) is 0.531. The summed E-state index contributed by atoms with van der Waals surface area (Å²) in [7, 11) is 2.04. The molecule has 0 heterocycles. The molecule has 1 saturated carbocycles. The Morgan fingerprint density at radius 1 is 1.64 bits per heavy atom. The molecule has 0 spiro atoms. The van der Waals surface area contributed by atoms with Crippen LogP contribution in [-0.4, -0.2) is 23.8 Å². The molecule has 0 radical (unpaired) electrons. The van der Waals surface area contributed by atoms with Crippen molar-refractivity contribution in [3.05, 3.63) is 0 Å². The van der Waals surface area contributed by atoms with Gasteiger partial charge in [0.1, 0.15) is 0 Å². The maximum Gasteiger partial charge on any atom is 0.0989 e.